The summed E-state index contributed by atoms with van der Waals surface area (Å²) in [4.78, 5) is 12.7. The second-order valence-electron chi connectivity index (χ2n) is 4.80. The van der Waals surface area contributed by atoms with Gasteiger partial charge in [0.05, 0.1) is 7.11 Å². The molecule has 3 rings (SSSR count). The second kappa shape index (κ2) is 7.07. The van der Waals surface area contributed by atoms with Gasteiger partial charge in [-0.25, -0.2) is 9.97 Å². The van der Waals surface area contributed by atoms with E-state index in [1.165, 1.54) is 0 Å². The van der Waals surface area contributed by atoms with Crippen LogP contribution in [0.3, 0.4) is 0 Å². The van der Waals surface area contributed by atoms with E-state index in [1.54, 1.807) is 25.6 Å². The molecule has 0 amide bonds. The molecule has 0 bridgehead atoms. The molecule has 1 aromatic carbocycles. The van der Waals surface area contributed by atoms with E-state index in [9.17, 15) is 0 Å². The zero-order chi connectivity index (χ0) is 16.1. The fourth-order valence-corrected chi connectivity index (χ4v) is 2.36. The van der Waals surface area contributed by atoms with Gasteiger partial charge in [-0.1, -0.05) is 29.8 Å². The van der Waals surface area contributed by atoms with Gasteiger partial charge in [-0.2, -0.15) is 0 Å². The molecular weight excluding hydrogens is 312 g/mol. The van der Waals surface area contributed by atoms with E-state index < -0.39 is 0 Å². The van der Waals surface area contributed by atoms with Crippen LogP contribution in [-0.4, -0.2) is 22.1 Å². The number of halogens is 1. The molecule has 116 valence electrons. The molecule has 1 N–H and O–H groups in total. The normalized spacial score (nSPS) is 10.3. The summed E-state index contributed by atoms with van der Waals surface area (Å²) >= 11 is 6.11. The van der Waals surface area contributed by atoms with Crippen molar-refractivity contribution in [3.8, 4) is 17.1 Å². The molecule has 5 nitrogen and oxygen atoms in total. The first-order chi connectivity index (χ1) is 11.3. The summed E-state index contributed by atoms with van der Waals surface area (Å²) < 4.78 is 5.34. The summed E-state index contributed by atoms with van der Waals surface area (Å²) in [6.45, 7) is 0.577. The molecule has 6 heteroatoms. The van der Waals surface area contributed by atoms with Crippen molar-refractivity contribution < 1.29 is 4.74 Å². The van der Waals surface area contributed by atoms with Gasteiger partial charge in [-0.05, 0) is 18.2 Å². The Kier molecular flexibility index (Phi) is 4.68. The highest BCUT2D eigenvalue weighted by Crippen LogP contribution is 2.22. The molecule has 2 aromatic heterocycles. The molecule has 0 atom stereocenters. The lowest BCUT2D eigenvalue weighted by Gasteiger charge is -2.11. The van der Waals surface area contributed by atoms with E-state index in [0.29, 0.717) is 23.3 Å². The Bertz CT molecular complexity index is 796. The van der Waals surface area contributed by atoms with Crippen LogP contribution in [0.2, 0.25) is 5.15 Å². The molecule has 0 aliphatic rings. The predicted octanol–water partition coefficient (Wildman–Crippen LogP) is 3.81. The maximum atomic E-state index is 6.11. The largest absolute Gasteiger partial charge is 0.496 e. The molecule has 0 unspecified atom stereocenters. The van der Waals surface area contributed by atoms with Gasteiger partial charge < -0.3 is 10.1 Å². The highest BCUT2D eigenvalue weighted by atomic mass is 35.5. The van der Waals surface area contributed by atoms with Gasteiger partial charge >= 0.3 is 0 Å². The van der Waals surface area contributed by atoms with Crippen molar-refractivity contribution in [2.45, 2.75) is 6.54 Å². The number of anilines is 1. The molecule has 0 radical (unpaired) electrons. The van der Waals surface area contributed by atoms with Crippen molar-refractivity contribution in [2.75, 3.05) is 12.4 Å². The highest BCUT2D eigenvalue weighted by molar-refractivity contribution is 6.29. The number of hydrogen-bond acceptors (Lipinski definition) is 5. The SMILES string of the molecule is COc1ccccc1CNc1cc(Cl)nc(-c2ccncc2)n1. The van der Waals surface area contributed by atoms with Crippen molar-refractivity contribution in [3.05, 3.63) is 65.6 Å². The summed E-state index contributed by atoms with van der Waals surface area (Å²) in [5.74, 6) is 2.04. The first-order valence-electron chi connectivity index (χ1n) is 7.07. The standard InChI is InChI=1S/C17H15ClN4O/c1-23-14-5-3-2-4-13(14)11-20-16-10-15(18)21-17(22-16)12-6-8-19-9-7-12/h2-10H,11H2,1H3,(H,20,21,22). The molecule has 0 spiro atoms. The number of methoxy groups -OCH3 is 1. The van der Waals surface area contributed by atoms with Gasteiger partial charge in [0.1, 0.15) is 16.7 Å². The molecule has 0 aliphatic carbocycles. The zero-order valence-electron chi connectivity index (χ0n) is 12.5. The molecule has 0 fully saturated rings. The van der Waals surface area contributed by atoms with Crippen LogP contribution in [0.4, 0.5) is 5.82 Å². The summed E-state index contributed by atoms with van der Waals surface area (Å²) in [5, 5.41) is 3.64. The second-order valence-corrected chi connectivity index (χ2v) is 5.19. The smallest absolute Gasteiger partial charge is 0.163 e. The lowest BCUT2D eigenvalue weighted by molar-refractivity contribution is 0.410. The maximum Gasteiger partial charge on any atom is 0.163 e. The first-order valence-corrected chi connectivity index (χ1v) is 7.45. The number of para-hydroxylation sites is 1. The minimum atomic E-state index is 0.384. The van der Waals surface area contributed by atoms with Crippen molar-refractivity contribution in [3.63, 3.8) is 0 Å². The van der Waals surface area contributed by atoms with E-state index in [0.717, 1.165) is 16.9 Å². The van der Waals surface area contributed by atoms with E-state index in [4.69, 9.17) is 16.3 Å². The summed E-state index contributed by atoms with van der Waals surface area (Å²) in [5.41, 5.74) is 1.90. The minimum absolute atomic E-state index is 0.384. The zero-order valence-corrected chi connectivity index (χ0v) is 13.3. The van der Waals surface area contributed by atoms with Gasteiger partial charge in [-0.15, -0.1) is 0 Å². The first kappa shape index (κ1) is 15.2. The average Bonchev–Trinajstić information content (AvgIpc) is 2.60. The monoisotopic (exact) mass is 326 g/mol. The van der Waals surface area contributed by atoms with E-state index in [-0.39, 0.29) is 0 Å². The third kappa shape index (κ3) is 3.76. The Morgan fingerprint density at radius 3 is 2.65 bits per heavy atom. The minimum Gasteiger partial charge on any atom is -0.496 e. The van der Waals surface area contributed by atoms with Gasteiger partial charge in [0, 0.05) is 36.1 Å². The number of nitrogens with one attached hydrogen (secondary N) is 1. The summed E-state index contributed by atoms with van der Waals surface area (Å²) in [6.07, 6.45) is 3.39. The summed E-state index contributed by atoms with van der Waals surface area (Å²) in [7, 11) is 1.65. The molecule has 0 saturated heterocycles. The lowest BCUT2D eigenvalue weighted by Crippen LogP contribution is -2.04. The maximum absolute atomic E-state index is 6.11. The lowest BCUT2D eigenvalue weighted by atomic mass is 10.2. The van der Waals surface area contributed by atoms with E-state index in [2.05, 4.69) is 20.3 Å². The Morgan fingerprint density at radius 1 is 1.09 bits per heavy atom. The van der Waals surface area contributed by atoms with Crippen LogP contribution in [0.5, 0.6) is 5.75 Å². The van der Waals surface area contributed by atoms with Gasteiger partial charge in [-0.3, -0.25) is 4.98 Å². The number of rotatable bonds is 5. The molecule has 0 saturated carbocycles. The average molecular weight is 327 g/mol. The van der Waals surface area contributed by atoms with Crippen LogP contribution >= 0.6 is 11.6 Å². The predicted molar refractivity (Wildman–Crippen MR) is 90.6 cm³/mol. The van der Waals surface area contributed by atoms with Crippen molar-refractivity contribution in [2.24, 2.45) is 0 Å². The number of hydrogen-bond donors (Lipinski definition) is 1. The Labute approximate surface area is 139 Å². The number of ether oxygens (including phenoxy) is 1. The van der Waals surface area contributed by atoms with Crippen LogP contribution in [0.15, 0.2) is 54.9 Å². The number of aromatic nitrogens is 3. The Morgan fingerprint density at radius 2 is 1.87 bits per heavy atom. The van der Waals surface area contributed by atoms with Crippen LogP contribution in [-0.2, 0) is 6.54 Å². The van der Waals surface area contributed by atoms with Gasteiger partial charge in [0.2, 0.25) is 0 Å². The summed E-state index contributed by atoms with van der Waals surface area (Å²) in [6, 6.07) is 13.2. The van der Waals surface area contributed by atoms with Crippen molar-refractivity contribution in [1.82, 2.24) is 15.0 Å². The molecule has 3 aromatic rings. The fourth-order valence-electron chi connectivity index (χ4n) is 2.17. The quantitative estimate of drug-likeness (QED) is 0.722. The van der Waals surface area contributed by atoms with E-state index >= 15 is 0 Å². The molecule has 23 heavy (non-hydrogen) atoms. The number of nitrogens with zero attached hydrogens (tertiary/aromatic N) is 3. The number of benzene rings is 1. The molecule has 0 aliphatic heterocycles. The Hall–Kier alpha value is -2.66. The highest BCUT2D eigenvalue weighted by Gasteiger charge is 2.07. The van der Waals surface area contributed by atoms with Gasteiger partial charge in [0.15, 0.2) is 5.82 Å². The van der Waals surface area contributed by atoms with Gasteiger partial charge in [0.25, 0.3) is 0 Å². The topological polar surface area (TPSA) is 59.9 Å². The number of pyridine rings is 1. The third-order valence-electron chi connectivity index (χ3n) is 3.29. The molecule has 2 heterocycles. The van der Waals surface area contributed by atoms with Crippen LogP contribution < -0.4 is 10.1 Å². The Balaban J connectivity index is 1.82. The van der Waals surface area contributed by atoms with Crippen molar-refractivity contribution in [1.29, 1.82) is 0 Å². The fraction of sp³-hybridized carbons (Fsp3) is 0.118. The van der Waals surface area contributed by atoms with Crippen LogP contribution in [0.25, 0.3) is 11.4 Å². The third-order valence-corrected chi connectivity index (χ3v) is 3.48. The van der Waals surface area contributed by atoms with Crippen molar-refractivity contribution >= 4 is 17.4 Å². The van der Waals surface area contributed by atoms with Crippen LogP contribution in [0, 0.1) is 0 Å². The molecular formula is C17H15ClN4O. The van der Waals surface area contributed by atoms with E-state index in [1.807, 2.05) is 36.4 Å². The van der Waals surface area contributed by atoms with Crippen LogP contribution in [0.1, 0.15) is 5.56 Å².